The number of nitrogens with one attached hydrogen (secondary N) is 1. The van der Waals surface area contributed by atoms with Gasteiger partial charge in [-0.05, 0) is 43.2 Å². The monoisotopic (exact) mass is 434 g/mol. The van der Waals surface area contributed by atoms with Gasteiger partial charge >= 0.3 is 0 Å². The van der Waals surface area contributed by atoms with E-state index in [1.54, 1.807) is 30.3 Å². The molecule has 3 heterocycles. The smallest absolute Gasteiger partial charge is 0.269 e. The number of nitriles is 1. The van der Waals surface area contributed by atoms with E-state index in [4.69, 9.17) is 9.47 Å². The molecule has 0 radical (unpaired) electrons. The average Bonchev–Trinajstić information content (AvgIpc) is 3.33. The number of benzene rings is 1. The van der Waals surface area contributed by atoms with Crippen LogP contribution in [0.5, 0.6) is 11.6 Å². The summed E-state index contributed by atoms with van der Waals surface area (Å²) in [6.45, 7) is 0.892. The molecule has 32 heavy (non-hydrogen) atoms. The minimum atomic E-state index is -0.655. The van der Waals surface area contributed by atoms with E-state index >= 15 is 0 Å². The van der Waals surface area contributed by atoms with Gasteiger partial charge in [-0.3, -0.25) is 14.0 Å². The Morgan fingerprint density at radius 2 is 2.16 bits per heavy atom. The lowest BCUT2D eigenvalue weighted by atomic mass is 10.1. The molecule has 0 spiro atoms. The number of carbonyl (C=O) groups is 1. The zero-order valence-electron chi connectivity index (χ0n) is 17.0. The molecule has 1 amide bonds. The maximum absolute atomic E-state index is 14.1. The van der Waals surface area contributed by atoms with E-state index in [0.717, 1.165) is 18.9 Å². The molecule has 1 saturated heterocycles. The van der Waals surface area contributed by atoms with E-state index in [1.807, 2.05) is 0 Å². The predicted octanol–water partition coefficient (Wildman–Crippen LogP) is 2.83. The Hall–Kier alpha value is -4.03. The zero-order chi connectivity index (χ0) is 22.5. The highest BCUT2D eigenvalue weighted by atomic mass is 19.1. The van der Waals surface area contributed by atoms with E-state index in [2.05, 4.69) is 10.3 Å². The summed E-state index contributed by atoms with van der Waals surface area (Å²) in [5, 5.41) is 12.2. The number of rotatable bonds is 6. The highest BCUT2D eigenvalue weighted by Crippen LogP contribution is 2.26. The van der Waals surface area contributed by atoms with Crippen LogP contribution in [0.25, 0.3) is 11.7 Å². The van der Waals surface area contributed by atoms with E-state index < -0.39 is 17.3 Å². The molecule has 1 aromatic carbocycles. The summed E-state index contributed by atoms with van der Waals surface area (Å²) >= 11 is 0. The van der Waals surface area contributed by atoms with Crippen LogP contribution in [0.4, 0.5) is 4.39 Å². The quantitative estimate of drug-likeness (QED) is 0.472. The van der Waals surface area contributed by atoms with Crippen molar-refractivity contribution in [3.05, 3.63) is 76.0 Å². The molecule has 9 heteroatoms. The fourth-order valence-corrected chi connectivity index (χ4v) is 3.32. The highest BCUT2D eigenvalue weighted by molar-refractivity contribution is 6.01. The third-order valence-corrected chi connectivity index (χ3v) is 4.95. The molecule has 8 nitrogen and oxygen atoms in total. The Morgan fingerprint density at radius 1 is 1.34 bits per heavy atom. The van der Waals surface area contributed by atoms with Crippen molar-refractivity contribution in [1.29, 1.82) is 5.26 Å². The first-order valence-electron chi connectivity index (χ1n) is 10.0. The third-order valence-electron chi connectivity index (χ3n) is 4.95. The summed E-state index contributed by atoms with van der Waals surface area (Å²) in [4.78, 5) is 30.0. The van der Waals surface area contributed by atoms with Gasteiger partial charge in [0.1, 0.15) is 22.9 Å². The Morgan fingerprint density at radius 3 is 2.91 bits per heavy atom. The second kappa shape index (κ2) is 9.41. The van der Waals surface area contributed by atoms with Gasteiger partial charge in [-0.2, -0.15) is 10.2 Å². The fraction of sp³-hybridized carbons (Fsp3) is 0.217. The summed E-state index contributed by atoms with van der Waals surface area (Å²) in [6, 6.07) is 12.4. The van der Waals surface area contributed by atoms with Crippen LogP contribution in [0.1, 0.15) is 18.4 Å². The molecule has 4 rings (SSSR count). The van der Waals surface area contributed by atoms with Crippen molar-refractivity contribution >= 4 is 17.6 Å². The van der Waals surface area contributed by atoms with E-state index in [1.165, 1.54) is 28.8 Å². The standard InChI is InChI=1S/C23H19FN4O4/c24-18-7-1-2-8-19(18)32-22-17(23(30)28-10-4-3-9-20(28)27-22)12-15(13-25)21(29)26-14-16-6-5-11-31-16/h1-4,7-10,12,16H,5-6,11,14H2,(H,26,29). The zero-order valence-corrected chi connectivity index (χ0v) is 17.0. The van der Waals surface area contributed by atoms with Crippen LogP contribution in [0.3, 0.4) is 0 Å². The van der Waals surface area contributed by atoms with Crippen LogP contribution in [-0.4, -0.2) is 34.5 Å². The Bertz CT molecular complexity index is 1290. The van der Waals surface area contributed by atoms with Crippen molar-refractivity contribution in [1.82, 2.24) is 14.7 Å². The third kappa shape index (κ3) is 4.50. The number of aromatic nitrogens is 2. The van der Waals surface area contributed by atoms with Gasteiger partial charge in [0, 0.05) is 19.3 Å². The van der Waals surface area contributed by atoms with E-state index in [9.17, 15) is 19.2 Å². The number of halogens is 1. The topological polar surface area (TPSA) is 106 Å². The number of para-hydroxylation sites is 1. The van der Waals surface area contributed by atoms with Gasteiger partial charge < -0.3 is 14.8 Å². The van der Waals surface area contributed by atoms with Crippen molar-refractivity contribution in [3.8, 4) is 17.7 Å². The number of nitrogens with zero attached hydrogens (tertiary/aromatic N) is 3. The molecular formula is C23H19FN4O4. The fourth-order valence-electron chi connectivity index (χ4n) is 3.32. The largest absolute Gasteiger partial charge is 0.435 e. The number of ether oxygens (including phenoxy) is 2. The van der Waals surface area contributed by atoms with Gasteiger partial charge in [0.2, 0.25) is 5.88 Å². The Balaban J connectivity index is 1.74. The average molecular weight is 434 g/mol. The van der Waals surface area contributed by atoms with Gasteiger partial charge in [0.25, 0.3) is 11.5 Å². The maximum atomic E-state index is 14.1. The summed E-state index contributed by atoms with van der Waals surface area (Å²) in [5.74, 6) is -1.66. The van der Waals surface area contributed by atoms with Gasteiger partial charge in [0.15, 0.2) is 11.6 Å². The van der Waals surface area contributed by atoms with Gasteiger partial charge in [-0.15, -0.1) is 0 Å². The molecule has 3 aromatic rings. The van der Waals surface area contributed by atoms with E-state index in [-0.39, 0.29) is 41.1 Å². The van der Waals surface area contributed by atoms with Crippen molar-refractivity contribution in [2.75, 3.05) is 13.2 Å². The second-order valence-corrected chi connectivity index (χ2v) is 7.11. The Kier molecular flexibility index (Phi) is 6.24. The van der Waals surface area contributed by atoms with Gasteiger partial charge in [-0.25, -0.2) is 4.39 Å². The lowest BCUT2D eigenvalue weighted by Crippen LogP contribution is -2.32. The lowest BCUT2D eigenvalue weighted by molar-refractivity contribution is -0.117. The molecule has 162 valence electrons. The number of amides is 1. The van der Waals surface area contributed by atoms with Gasteiger partial charge in [-0.1, -0.05) is 18.2 Å². The minimum Gasteiger partial charge on any atom is -0.435 e. The molecule has 0 saturated carbocycles. The molecule has 1 aliphatic rings. The summed E-state index contributed by atoms with van der Waals surface area (Å²) in [6.07, 6.45) is 4.24. The normalized spacial score (nSPS) is 16.0. The first kappa shape index (κ1) is 21.2. The predicted molar refractivity (Wildman–Crippen MR) is 114 cm³/mol. The molecule has 1 N–H and O–H groups in total. The first-order valence-corrected chi connectivity index (χ1v) is 10.0. The number of carbonyl (C=O) groups excluding carboxylic acids is 1. The van der Waals surface area contributed by atoms with Gasteiger partial charge in [0.05, 0.1) is 6.10 Å². The second-order valence-electron chi connectivity index (χ2n) is 7.11. The lowest BCUT2D eigenvalue weighted by Gasteiger charge is -2.12. The molecular weight excluding hydrogens is 415 g/mol. The van der Waals surface area contributed by atoms with Crippen LogP contribution < -0.4 is 15.6 Å². The first-order chi connectivity index (χ1) is 15.6. The van der Waals surface area contributed by atoms with E-state index in [0.29, 0.717) is 6.61 Å². The minimum absolute atomic E-state index is 0.105. The summed E-state index contributed by atoms with van der Waals surface area (Å²) in [5.41, 5.74) is -0.763. The molecule has 1 unspecified atom stereocenters. The molecule has 2 aromatic heterocycles. The van der Waals surface area contributed by atoms with Crippen LogP contribution in [0, 0.1) is 17.1 Å². The van der Waals surface area contributed by atoms with Crippen molar-refractivity contribution in [3.63, 3.8) is 0 Å². The van der Waals surface area contributed by atoms with Crippen LogP contribution in [-0.2, 0) is 9.53 Å². The number of hydrogen-bond donors (Lipinski definition) is 1. The van der Waals surface area contributed by atoms with Crippen LogP contribution in [0.2, 0.25) is 0 Å². The molecule has 1 fully saturated rings. The number of pyridine rings is 1. The summed E-state index contributed by atoms with van der Waals surface area (Å²) < 4.78 is 26.4. The van der Waals surface area contributed by atoms with Crippen molar-refractivity contribution in [2.45, 2.75) is 18.9 Å². The maximum Gasteiger partial charge on any atom is 0.269 e. The molecule has 0 bridgehead atoms. The SMILES string of the molecule is N#CC(=Cc1c(Oc2ccccc2F)nc2ccccn2c1=O)C(=O)NCC1CCCO1. The highest BCUT2D eigenvalue weighted by Gasteiger charge is 2.20. The number of hydrogen-bond acceptors (Lipinski definition) is 6. The number of fused-ring (bicyclic) bond motifs is 1. The van der Waals surface area contributed by atoms with Crippen molar-refractivity contribution in [2.24, 2.45) is 0 Å². The molecule has 1 aliphatic heterocycles. The van der Waals surface area contributed by atoms with Crippen LogP contribution in [0.15, 0.2) is 59.0 Å². The van der Waals surface area contributed by atoms with Crippen LogP contribution >= 0.6 is 0 Å². The molecule has 1 atom stereocenters. The molecule has 0 aliphatic carbocycles. The summed E-state index contributed by atoms with van der Waals surface area (Å²) in [7, 11) is 0. The Labute approximate surface area is 182 Å². The van der Waals surface area contributed by atoms with Crippen molar-refractivity contribution < 1.29 is 18.7 Å².